The second-order valence-corrected chi connectivity index (χ2v) is 7.20. The molecule has 0 unspecified atom stereocenters. The number of hydrogen-bond acceptors (Lipinski definition) is 4. The van der Waals surface area contributed by atoms with Crippen molar-refractivity contribution in [3.63, 3.8) is 0 Å². The summed E-state index contributed by atoms with van der Waals surface area (Å²) >= 11 is 5.99. The number of benzene rings is 2. The Labute approximate surface area is 141 Å². The fourth-order valence-corrected chi connectivity index (χ4v) is 3.14. The molecule has 0 saturated carbocycles. The molecule has 5 nitrogen and oxygen atoms in total. The number of rotatable bonds is 7. The summed E-state index contributed by atoms with van der Waals surface area (Å²) in [6.07, 6.45) is 0.860. The molecule has 0 atom stereocenters. The minimum atomic E-state index is -3.63. The molecule has 0 fully saturated rings. The van der Waals surface area contributed by atoms with Crippen molar-refractivity contribution in [2.24, 2.45) is 0 Å². The first kappa shape index (κ1) is 17.6. The zero-order valence-electron chi connectivity index (χ0n) is 12.8. The molecule has 0 aromatic heterocycles. The molecule has 0 aliphatic heterocycles. The molecule has 3 N–H and O–H groups in total. The summed E-state index contributed by atoms with van der Waals surface area (Å²) in [5.74, 6) is 0.622. The van der Waals surface area contributed by atoms with Crippen LogP contribution in [0, 0.1) is 0 Å². The predicted molar refractivity (Wildman–Crippen MR) is 92.1 cm³/mol. The van der Waals surface area contributed by atoms with E-state index in [-0.39, 0.29) is 11.4 Å². The second-order valence-electron chi connectivity index (χ2n) is 4.99. The fourth-order valence-electron chi connectivity index (χ4n) is 1.94. The SMILES string of the molecule is CCCOc1ccc(Cl)cc1CNS(=O)(=O)c1ccc(N)cc1. The highest BCUT2D eigenvalue weighted by Gasteiger charge is 2.15. The van der Waals surface area contributed by atoms with Crippen LogP contribution in [0.4, 0.5) is 5.69 Å². The van der Waals surface area contributed by atoms with Crippen LogP contribution in [0.15, 0.2) is 47.4 Å². The Hall–Kier alpha value is -1.76. The fraction of sp³-hybridized carbons (Fsp3) is 0.250. The van der Waals surface area contributed by atoms with Gasteiger partial charge in [0.15, 0.2) is 0 Å². The monoisotopic (exact) mass is 354 g/mol. The Bertz CT molecular complexity index is 761. The zero-order chi connectivity index (χ0) is 16.9. The van der Waals surface area contributed by atoms with E-state index < -0.39 is 10.0 Å². The average Bonchev–Trinajstić information content (AvgIpc) is 2.52. The summed E-state index contributed by atoms with van der Waals surface area (Å²) in [7, 11) is -3.63. The van der Waals surface area contributed by atoms with E-state index in [1.54, 1.807) is 30.3 Å². The van der Waals surface area contributed by atoms with Crippen LogP contribution in [0.1, 0.15) is 18.9 Å². The molecule has 0 aliphatic rings. The first-order valence-corrected chi connectivity index (χ1v) is 9.05. The van der Waals surface area contributed by atoms with Gasteiger partial charge < -0.3 is 10.5 Å². The molecule has 0 spiro atoms. The highest BCUT2D eigenvalue weighted by Crippen LogP contribution is 2.23. The van der Waals surface area contributed by atoms with Gasteiger partial charge in [-0.15, -0.1) is 0 Å². The maximum Gasteiger partial charge on any atom is 0.240 e. The number of halogens is 1. The summed E-state index contributed by atoms with van der Waals surface area (Å²) in [4.78, 5) is 0.157. The lowest BCUT2D eigenvalue weighted by Crippen LogP contribution is -2.23. The second kappa shape index (κ2) is 7.68. The quantitative estimate of drug-likeness (QED) is 0.748. The minimum Gasteiger partial charge on any atom is -0.493 e. The molecular weight excluding hydrogens is 336 g/mol. The lowest BCUT2D eigenvalue weighted by atomic mass is 10.2. The van der Waals surface area contributed by atoms with E-state index in [4.69, 9.17) is 22.1 Å². The first-order valence-electron chi connectivity index (χ1n) is 7.19. The van der Waals surface area contributed by atoms with Crippen molar-refractivity contribution in [3.05, 3.63) is 53.1 Å². The van der Waals surface area contributed by atoms with Gasteiger partial charge in [0.1, 0.15) is 5.75 Å². The first-order chi connectivity index (χ1) is 10.9. The molecule has 7 heteroatoms. The number of hydrogen-bond donors (Lipinski definition) is 2. The van der Waals surface area contributed by atoms with Crippen LogP contribution >= 0.6 is 11.6 Å². The molecule has 2 aromatic rings. The van der Waals surface area contributed by atoms with Gasteiger partial charge in [-0.25, -0.2) is 13.1 Å². The molecule has 0 heterocycles. The standard InChI is InChI=1S/C16H19ClN2O3S/c1-2-9-22-16-8-3-13(17)10-12(16)11-19-23(20,21)15-6-4-14(18)5-7-15/h3-8,10,19H,2,9,11,18H2,1H3. The normalized spacial score (nSPS) is 11.4. The molecule has 0 saturated heterocycles. The number of ether oxygens (including phenoxy) is 1. The van der Waals surface area contributed by atoms with Crippen molar-refractivity contribution in [1.82, 2.24) is 4.72 Å². The van der Waals surface area contributed by atoms with Gasteiger partial charge in [0, 0.05) is 22.8 Å². The smallest absolute Gasteiger partial charge is 0.240 e. The predicted octanol–water partition coefficient (Wildman–Crippen LogP) is 3.19. The zero-order valence-corrected chi connectivity index (χ0v) is 14.3. The Morgan fingerprint density at radius 3 is 2.52 bits per heavy atom. The molecular formula is C16H19ClN2O3S. The summed E-state index contributed by atoms with van der Waals surface area (Å²) in [6.45, 7) is 2.64. The Morgan fingerprint density at radius 2 is 1.87 bits per heavy atom. The van der Waals surface area contributed by atoms with Crippen molar-refractivity contribution >= 4 is 27.3 Å². The maximum absolute atomic E-state index is 12.3. The third-order valence-corrected chi connectivity index (χ3v) is 4.78. The molecule has 0 bridgehead atoms. The van der Waals surface area contributed by atoms with E-state index >= 15 is 0 Å². The lowest BCUT2D eigenvalue weighted by Gasteiger charge is -2.12. The Morgan fingerprint density at radius 1 is 1.17 bits per heavy atom. The van der Waals surface area contributed by atoms with E-state index in [1.165, 1.54) is 12.1 Å². The van der Waals surface area contributed by atoms with Gasteiger partial charge >= 0.3 is 0 Å². The van der Waals surface area contributed by atoms with Crippen molar-refractivity contribution in [1.29, 1.82) is 0 Å². The van der Waals surface area contributed by atoms with Crippen molar-refractivity contribution < 1.29 is 13.2 Å². The van der Waals surface area contributed by atoms with Crippen LogP contribution in [0.5, 0.6) is 5.75 Å². The maximum atomic E-state index is 12.3. The van der Waals surface area contributed by atoms with Gasteiger partial charge in [0.2, 0.25) is 10.0 Å². The van der Waals surface area contributed by atoms with Crippen molar-refractivity contribution in [2.45, 2.75) is 24.8 Å². The summed E-state index contributed by atoms with van der Waals surface area (Å²) in [6, 6.07) is 11.2. The van der Waals surface area contributed by atoms with Gasteiger partial charge in [-0.3, -0.25) is 0 Å². The largest absolute Gasteiger partial charge is 0.493 e. The number of sulfonamides is 1. The topological polar surface area (TPSA) is 81.4 Å². The van der Waals surface area contributed by atoms with E-state index in [0.29, 0.717) is 28.6 Å². The molecule has 23 heavy (non-hydrogen) atoms. The number of anilines is 1. The number of nitrogen functional groups attached to an aromatic ring is 1. The highest BCUT2D eigenvalue weighted by atomic mass is 35.5. The minimum absolute atomic E-state index is 0.0896. The van der Waals surface area contributed by atoms with Crippen LogP contribution in [0.25, 0.3) is 0 Å². The van der Waals surface area contributed by atoms with Gasteiger partial charge in [0.05, 0.1) is 11.5 Å². The average molecular weight is 355 g/mol. The van der Waals surface area contributed by atoms with Crippen LogP contribution in [-0.4, -0.2) is 15.0 Å². The molecule has 2 aromatic carbocycles. The van der Waals surface area contributed by atoms with Crippen molar-refractivity contribution in [2.75, 3.05) is 12.3 Å². The third kappa shape index (κ3) is 4.86. The van der Waals surface area contributed by atoms with Crippen LogP contribution in [0.3, 0.4) is 0 Å². The number of nitrogens with two attached hydrogens (primary N) is 1. The molecule has 0 aliphatic carbocycles. The Kier molecular flexibility index (Phi) is 5.87. The van der Waals surface area contributed by atoms with Crippen LogP contribution < -0.4 is 15.2 Å². The number of nitrogens with one attached hydrogen (secondary N) is 1. The van der Waals surface area contributed by atoms with E-state index in [2.05, 4.69) is 4.72 Å². The van der Waals surface area contributed by atoms with Gasteiger partial charge in [0.25, 0.3) is 0 Å². The molecule has 124 valence electrons. The van der Waals surface area contributed by atoms with Gasteiger partial charge in [-0.1, -0.05) is 18.5 Å². The van der Waals surface area contributed by atoms with Crippen molar-refractivity contribution in [3.8, 4) is 5.75 Å². The van der Waals surface area contributed by atoms with E-state index in [0.717, 1.165) is 6.42 Å². The third-order valence-electron chi connectivity index (χ3n) is 3.13. The molecule has 0 amide bonds. The van der Waals surface area contributed by atoms with Gasteiger partial charge in [-0.2, -0.15) is 0 Å². The lowest BCUT2D eigenvalue weighted by molar-refractivity contribution is 0.314. The Balaban J connectivity index is 2.16. The summed E-state index contributed by atoms with van der Waals surface area (Å²) in [5.41, 5.74) is 6.77. The summed E-state index contributed by atoms with van der Waals surface area (Å²) < 4.78 is 32.8. The van der Waals surface area contributed by atoms with Crippen LogP contribution in [-0.2, 0) is 16.6 Å². The summed E-state index contributed by atoms with van der Waals surface area (Å²) in [5, 5.41) is 0.524. The highest BCUT2D eigenvalue weighted by molar-refractivity contribution is 7.89. The van der Waals surface area contributed by atoms with E-state index in [9.17, 15) is 8.42 Å². The van der Waals surface area contributed by atoms with E-state index in [1.807, 2.05) is 6.92 Å². The van der Waals surface area contributed by atoms with Crippen LogP contribution in [0.2, 0.25) is 5.02 Å². The van der Waals surface area contributed by atoms with Gasteiger partial charge in [-0.05, 0) is 48.9 Å². The molecule has 2 rings (SSSR count). The molecule has 0 radical (unpaired) electrons.